The molecule has 0 fully saturated rings. The lowest BCUT2D eigenvalue weighted by molar-refractivity contribution is -0.142. The van der Waals surface area contributed by atoms with Crippen LogP contribution in [-0.4, -0.2) is 28.9 Å². The molecule has 1 aliphatic carbocycles. The maximum absolute atomic E-state index is 12.3. The zero-order valence-electron chi connectivity index (χ0n) is 11.5. The molecule has 2 atom stereocenters. The Hall–Kier alpha value is -1.89. The molecule has 21 heavy (non-hydrogen) atoms. The van der Waals surface area contributed by atoms with Gasteiger partial charge in [0.2, 0.25) is 11.8 Å². The summed E-state index contributed by atoms with van der Waals surface area (Å²) in [5, 5.41) is 13.6. The summed E-state index contributed by atoms with van der Waals surface area (Å²) in [7, 11) is 0. The van der Waals surface area contributed by atoms with E-state index in [0.29, 0.717) is 0 Å². The van der Waals surface area contributed by atoms with Crippen LogP contribution in [0.3, 0.4) is 0 Å². The van der Waals surface area contributed by atoms with Crippen molar-refractivity contribution in [3.05, 3.63) is 21.9 Å². The average Bonchev–Trinajstić information content (AvgIpc) is 2.90. The van der Waals surface area contributed by atoms with Crippen LogP contribution >= 0.6 is 11.3 Å². The number of primary amides is 1. The molecular weight excluding hydrogens is 292 g/mol. The standard InChI is InChI=1S/C14H18N2O4S/c15-12(17)5-4-10(14(19)20)16-13(18)9-2-1-3-11-8(9)6-7-21-11/h6-7,9-10H,1-5H2,(H2,15,17)(H,16,18)(H,19,20)/t9?,10-/m1/s1. The third-order valence-electron chi connectivity index (χ3n) is 3.66. The first-order chi connectivity index (χ1) is 9.99. The number of rotatable bonds is 6. The molecule has 0 radical (unpaired) electrons. The maximum Gasteiger partial charge on any atom is 0.326 e. The van der Waals surface area contributed by atoms with Crippen LogP contribution < -0.4 is 11.1 Å². The van der Waals surface area contributed by atoms with Crippen molar-refractivity contribution in [2.24, 2.45) is 5.73 Å². The second-order valence-electron chi connectivity index (χ2n) is 5.15. The van der Waals surface area contributed by atoms with Crippen LogP contribution in [0.1, 0.15) is 42.0 Å². The third-order valence-corrected chi connectivity index (χ3v) is 4.66. The van der Waals surface area contributed by atoms with E-state index < -0.39 is 17.9 Å². The fraction of sp³-hybridized carbons (Fsp3) is 0.500. The lowest BCUT2D eigenvalue weighted by Crippen LogP contribution is -2.44. The van der Waals surface area contributed by atoms with Crippen molar-refractivity contribution < 1.29 is 19.5 Å². The molecule has 7 heteroatoms. The molecule has 4 N–H and O–H groups in total. The van der Waals surface area contributed by atoms with E-state index in [9.17, 15) is 14.4 Å². The Morgan fingerprint density at radius 2 is 2.24 bits per heavy atom. The van der Waals surface area contributed by atoms with Crippen molar-refractivity contribution in [2.45, 2.75) is 44.1 Å². The van der Waals surface area contributed by atoms with Gasteiger partial charge in [-0.3, -0.25) is 9.59 Å². The minimum Gasteiger partial charge on any atom is -0.480 e. The Labute approximate surface area is 126 Å². The number of thiophene rings is 1. The van der Waals surface area contributed by atoms with Gasteiger partial charge in [-0.25, -0.2) is 4.79 Å². The van der Waals surface area contributed by atoms with Gasteiger partial charge in [0, 0.05) is 11.3 Å². The number of fused-ring (bicyclic) bond motifs is 1. The van der Waals surface area contributed by atoms with Crippen molar-refractivity contribution in [3.63, 3.8) is 0 Å². The number of hydrogen-bond acceptors (Lipinski definition) is 4. The number of aliphatic carboxylic acids is 1. The van der Waals surface area contributed by atoms with E-state index in [4.69, 9.17) is 10.8 Å². The van der Waals surface area contributed by atoms with Crippen LogP contribution in [0, 0.1) is 0 Å². The minimum absolute atomic E-state index is 0.0135. The van der Waals surface area contributed by atoms with E-state index in [1.807, 2.05) is 11.4 Å². The van der Waals surface area contributed by atoms with Gasteiger partial charge in [-0.15, -0.1) is 11.3 Å². The first-order valence-electron chi connectivity index (χ1n) is 6.86. The van der Waals surface area contributed by atoms with Crippen molar-refractivity contribution in [2.75, 3.05) is 0 Å². The summed E-state index contributed by atoms with van der Waals surface area (Å²) in [4.78, 5) is 35.5. The highest BCUT2D eigenvalue weighted by atomic mass is 32.1. The lowest BCUT2D eigenvalue weighted by Gasteiger charge is -2.23. The molecule has 1 aromatic rings. The highest BCUT2D eigenvalue weighted by Crippen LogP contribution is 2.35. The first kappa shape index (κ1) is 15.5. The molecule has 1 aromatic heterocycles. The molecule has 0 aliphatic heterocycles. The smallest absolute Gasteiger partial charge is 0.326 e. The Morgan fingerprint density at radius 3 is 2.90 bits per heavy atom. The summed E-state index contributed by atoms with van der Waals surface area (Å²) >= 11 is 1.63. The van der Waals surface area contributed by atoms with Gasteiger partial charge in [0.15, 0.2) is 0 Å². The zero-order chi connectivity index (χ0) is 15.4. The number of carbonyl (C=O) groups is 3. The fourth-order valence-corrected chi connectivity index (χ4v) is 3.56. The number of carboxylic acids is 1. The zero-order valence-corrected chi connectivity index (χ0v) is 12.3. The summed E-state index contributed by atoms with van der Waals surface area (Å²) in [6.45, 7) is 0. The van der Waals surface area contributed by atoms with Gasteiger partial charge in [-0.1, -0.05) is 0 Å². The molecule has 0 saturated carbocycles. The summed E-state index contributed by atoms with van der Waals surface area (Å²) in [5.74, 6) is -2.30. The normalized spacial score (nSPS) is 18.6. The average molecular weight is 310 g/mol. The molecule has 6 nitrogen and oxygen atoms in total. The van der Waals surface area contributed by atoms with Crippen LogP contribution in [0.15, 0.2) is 11.4 Å². The Morgan fingerprint density at radius 1 is 1.48 bits per heavy atom. The van der Waals surface area contributed by atoms with Gasteiger partial charge < -0.3 is 16.2 Å². The van der Waals surface area contributed by atoms with Gasteiger partial charge in [-0.05, 0) is 42.7 Å². The second kappa shape index (κ2) is 6.71. The Kier molecular flexibility index (Phi) is 4.95. The number of nitrogens with one attached hydrogen (secondary N) is 1. The first-order valence-corrected chi connectivity index (χ1v) is 7.74. The van der Waals surface area contributed by atoms with Gasteiger partial charge in [0.1, 0.15) is 6.04 Å². The fourth-order valence-electron chi connectivity index (χ4n) is 2.58. The van der Waals surface area contributed by atoms with Gasteiger partial charge in [-0.2, -0.15) is 0 Å². The lowest BCUT2D eigenvalue weighted by atomic mass is 9.87. The second-order valence-corrected chi connectivity index (χ2v) is 6.15. The Bertz CT molecular complexity index is 555. The molecule has 0 saturated heterocycles. The summed E-state index contributed by atoms with van der Waals surface area (Å²) in [6, 6.07) is 0.858. The van der Waals surface area contributed by atoms with E-state index in [1.165, 1.54) is 4.88 Å². The molecule has 0 aromatic carbocycles. The van der Waals surface area contributed by atoms with Gasteiger partial charge >= 0.3 is 5.97 Å². The van der Waals surface area contributed by atoms with Crippen LogP contribution in [0.25, 0.3) is 0 Å². The monoisotopic (exact) mass is 310 g/mol. The predicted octanol–water partition coefficient (Wildman–Crippen LogP) is 1.00. The number of aryl methyl sites for hydroxylation is 1. The minimum atomic E-state index is -1.15. The maximum atomic E-state index is 12.3. The molecule has 1 heterocycles. The van der Waals surface area contributed by atoms with Crippen molar-refractivity contribution >= 4 is 29.1 Å². The largest absolute Gasteiger partial charge is 0.480 e. The van der Waals surface area contributed by atoms with Crippen LogP contribution in [0.2, 0.25) is 0 Å². The Balaban J connectivity index is 2.03. The molecule has 114 valence electrons. The molecular formula is C14H18N2O4S. The van der Waals surface area contributed by atoms with Crippen molar-refractivity contribution in [3.8, 4) is 0 Å². The van der Waals surface area contributed by atoms with E-state index >= 15 is 0 Å². The summed E-state index contributed by atoms with van der Waals surface area (Å²) < 4.78 is 0. The topological polar surface area (TPSA) is 109 Å². The van der Waals surface area contributed by atoms with Crippen molar-refractivity contribution in [1.29, 1.82) is 0 Å². The van der Waals surface area contributed by atoms with E-state index in [1.54, 1.807) is 11.3 Å². The van der Waals surface area contributed by atoms with E-state index in [0.717, 1.165) is 24.8 Å². The number of carboxylic acid groups (broad SMARTS) is 1. The third kappa shape index (κ3) is 3.81. The molecule has 0 bridgehead atoms. The predicted molar refractivity (Wildman–Crippen MR) is 78.0 cm³/mol. The van der Waals surface area contributed by atoms with E-state index in [2.05, 4.69) is 5.32 Å². The molecule has 1 aliphatic rings. The number of hydrogen-bond donors (Lipinski definition) is 3. The molecule has 0 spiro atoms. The van der Waals surface area contributed by atoms with Gasteiger partial charge in [0.05, 0.1) is 5.92 Å². The number of amides is 2. The molecule has 1 unspecified atom stereocenters. The molecule has 2 amide bonds. The SMILES string of the molecule is NC(=O)CC[C@@H](NC(=O)C1CCCc2sccc21)C(=O)O. The van der Waals surface area contributed by atoms with Gasteiger partial charge in [0.25, 0.3) is 0 Å². The van der Waals surface area contributed by atoms with Crippen LogP contribution in [0.5, 0.6) is 0 Å². The number of nitrogens with two attached hydrogens (primary N) is 1. The van der Waals surface area contributed by atoms with Crippen LogP contribution in [0.4, 0.5) is 0 Å². The summed E-state index contributed by atoms with van der Waals surface area (Å²) in [6.07, 6.45) is 2.56. The highest BCUT2D eigenvalue weighted by molar-refractivity contribution is 7.10. The van der Waals surface area contributed by atoms with E-state index in [-0.39, 0.29) is 24.7 Å². The van der Waals surface area contributed by atoms with Crippen molar-refractivity contribution in [1.82, 2.24) is 5.32 Å². The summed E-state index contributed by atoms with van der Waals surface area (Å²) in [5.41, 5.74) is 6.02. The number of carbonyl (C=O) groups excluding carboxylic acids is 2. The molecule has 2 rings (SSSR count). The highest BCUT2D eigenvalue weighted by Gasteiger charge is 2.30. The quantitative estimate of drug-likeness (QED) is 0.728. The van der Waals surface area contributed by atoms with Crippen LogP contribution in [-0.2, 0) is 20.8 Å².